The number of likely N-dealkylation sites (tertiary alicyclic amines) is 1. The molecule has 0 radical (unpaired) electrons. The van der Waals surface area contributed by atoms with Crippen molar-refractivity contribution in [3.8, 4) is 11.1 Å². The number of benzene rings is 2. The van der Waals surface area contributed by atoms with Crippen molar-refractivity contribution in [2.75, 3.05) is 32.9 Å². The lowest BCUT2D eigenvalue weighted by atomic mass is 9.89. The number of hydrogen-bond donors (Lipinski definition) is 2. The lowest BCUT2D eigenvalue weighted by Crippen LogP contribution is -2.33. The minimum Gasteiger partial charge on any atom is -0.475 e. The molecule has 2 aromatic carbocycles. The number of ketones is 1. The molecule has 0 atom stereocenters. The number of anilines is 1. The third-order valence-electron chi connectivity index (χ3n) is 7.84. The first kappa shape index (κ1) is 27.1. The number of amides is 1. The Balaban J connectivity index is 1.32. The topological polar surface area (TPSA) is 122 Å². The van der Waals surface area contributed by atoms with Gasteiger partial charge < -0.3 is 20.3 Å². The van der Waals surface area contributed by atoms with Gasteiger partial charge >= 0.3 is 5.97 Å². The predicted octanol–water partition coefficient (Wildman–Crippen LogP) is 4.17. The van der Waals surface area contributed by atoms with Crippen molar-refractivity contribution in [1.82, 2.24) is 19.4 Å². The second-order valence-corrected chi connectivity index (χ2v) is 10.6. The van der Waals surface area contributed by atoms with E-state index < -0.39 is 11.8 Å². The van der Waals surface area contributed by atoms with E-state index in [0.29, 0.717) is 17.0 Å². The molecule has 9 nitrogen and oxygen atoms in total. The van der Waals surface area contributed by atoms with E-state index in [1.165, 1.54) is 5.56 Å². The minimum absolute atomic E-state index is 0.0135. The Labute approximate surface area is 232 Å². The van der Waals surface area contributed by atoms with E-state index in [0.717, 1.165) is 54.8 Å². The second-order valence-electron chi connectivity index (χ2n) is 10.6. The van der Waals surface area contributed by atoms with E-state index >= 15 is 0 Å². The van der Waals surface area contributed by atoms with Crippen LogP contribution in [0.25, 0.3) is 22.2 Å². The Hall–Kier alpha value is -4.50. The maximum atomic E-state index is 12.2. The molecule has 3 N–H and O–H groups in total. The van der Waals surface area contributed by atoms with Crippen LogP contribution in [-0.4, -0.2) is 69.3 Å². The second kappa shape index (κ2) is 10.9. The molecule has 3 heterocycles. The smallest absolute Gasteiger partial charge is 0.377 e. The van der Waals surface area contributed by atoms with Crippen LogP contribution < -0.4 is 5.73 Å². The quantitative estimate of drug-likeness (QED) is 0.205. The van der Waals surface area contributed by atoms with Gasteiger partial charge in [-0.2, -0.15) is 0 Å². The number of carbonyl (C=O) groups excluding carboxylic acids is 2. The summed E-state index contributed by atoms with van der Waals surface area (Å²) in [5.41, 5.74) is 11.5. The number of aliphatic carboxylic acids is 1. The van der Waals surface area contributed by atoms with Crippen LogP contribution in [-0.2, 0) is 18.4 Å². The number of carboxylic acid groups (broad SMARTS) is 1. The van der Waals surface area contributed by atoms with Crippen LogP contribution >= 0.6 is 0 Å². The summed E-state index contributed by atoms with van der Waals surface area (Å²) in [4.78, 5) is 44.3. The number of nitrogen functional groups attached to an aromatic ring is 1. The summed E-state index contributed by atoms with van der Waals surface area (Å²) in [5.74, 6) is -2.08. The maximum absolute atomic E-state index is 12.2. The number of hydrogen-bond acceptors (Lipinski definition) is 6. The third-order valence-corrected chi connectivity index (χ3v) is 7.84. The molecule has 0 spiro atoms. The highest BCUT2D eigenvalue weighted by atomic mass is 16.4. The zero-order valence-electron chi connectivity index (χ0n) is 22.9. The van der Waals surface area contributed by atoms with Gasteiger partial charge in [-0.25, -0.2) is 9.78 Å². The molecular formula is C31H33N5O4. The number of piperidine rings is 1. The average Bonchev–Trinajstić information content (AvgIpc) is 3.28. The summed E-state index contributed by atoms with van der Waals surface area (Å²) in [6.45, 7) is 2.70. The first-order valence-corrected chi connectivity index (χ1v) is 13.3. The predicted molar refractivity (Wildman–Crippen MR) is 154 cm³/mol. The molecule has 0 saturated carbocycles. The molecular weight excluding hydrogens is 506 g/mol. The summed E-state index contributed by atoms with van der Waals surface area (Å²) in [6.07, 6.45) is 3.81. The number of carboxylic acids is 1. The molecule has 206 valence electrons. The highest BCUT2D eigenvalue weighted by molar-refractivity contribution is 6.41. The van der Waals surface area contributed by atoms with Gasteiger partial charge in [0.05, 0.1) is 5.56 Å². The molecule has 1 amide bonds. The van der Waals surface area contributed by atoms with E-state index in [2.05, 4.69) is 32.7 Å². The van der Waals surface area contributed by atoms with Crippen molar-refractivity contribution < 1.29 is 19.5 Å². The fourth-order valence-electron chi connectivity index (χ4n) is 5.52. The maximum Gasteiger partial charge on any atom is 0.377 e. The third kappa shape index (κ3) is 5.20. The molecule has 5 rings (SSSR count). The van der Waals surface area contributed by atoms with Crippen molar-refractivity contribution >= 4 is 34.4 Å². The van der Waals surface area contributed by atoms with E-state index in [-0.39, 0.29) is 17.2 Å². The molecule has 4 aromatic rings. The van der Waals surface area contributed by atoms with Crippen molar-refractivity contribution in [3.63, 3.8) is 0 Å². The summed E-state index contributed by atoms with van der Waals surface area (Å²) >= 11 is 0. The van der Waals surface area contributed by atoms with Gasteiger partial charge in [0.1, 0.15) is 5.65 Å². The van der Waals surface area contributed by atoms with Crippen LogP contribution in [0.5, 0.6) is 0 Å². The normalized spacial score (nSPS) is 14.4. The number of aromatic nitrogens is 2. The highest BCUT2D eigenvalue weighted by Gasteiger charge is 2.23. The molecule has 1 saturated heterocycles. The Kier molecular flexibility index (Phi) is 7.40. The van der Waals surface area contributed by atoms with Crippen LogP contribution in [0.4, 0.5) is 5.69 Å². The van der Waals surface area contributed by atoms with E-state index in [9.17, 15) is 19.5 Å². The SMILES string of the molecule is CN(C)C(=O)c1ccc(C2CCN(Cc3cc4c(-c5ccc(N)c(C(=O)C(=O)O)c5)ccnc4n3C)CC2)cc1. The summed E-state index contributed by atoms with van der Waals surface area (Å²) in [7, 11) is 5.52. The zero-order valence-corrected chi connectivity index (χ0v) is 22.9. The van der Waals surface area contributed by atoms with Gasteiger partial charge in [0.2, 0.25) is 0 Å². The standard InChI is InChI=1S/C31H33N5O4/c1-34(2)30(38)21-6-4-19(5-7-21)20-11-14-36(15-12-20)18-23-17-25-24(10-13-33-29(25)35(23)3)22-8-9-27(32)26(16-22)28(37)31(39)40/h4-10,13,16-17,20H,11-12,14-15,18,32H2,1-3H3,(H,39,40). The number of nitrogens with zero attached hydrogens (tertiary/aromatic N) is 4. The first-order valence-electron chi connectivity index (χ1n) is 13.3. The Morgan fingerprint density at radius 3 is 2.38 bits per heavy atom. The number of pyridine rings is 1. The van der Waals surface area contributed by atoms with Gasteiger partial charge in [0, 0.05) is 56.2 Å². The number of carbonyl (C=O) groups is 3. The Morgan fingerprint density at radius 1 is 1.02 bits per heavy atom. The van der Waals surface area contributed by atoms with Crippen LogP contribution in [0.3, 0.4) is 0 Å². The minimum atomic E-state index is -1.54. The van der Waals surface area contributed by atoms with Crippen molar-refractivity contribution in [1.29, 1.82) is 0 Å². The molecule has 0 bridgehead atoms. The fraction of sp³-hybridized carbons (Fsp3) is 0.290. The molecule has 2 aromatic heterocycles. The lowest BCUT2D eigenvalue weighted by molar-refractivity contribution is -0.131. The van der Waals surface area contributed by atoms with Gasteiger partial charge in [-0.3, -0.25) is 14.5 Å². The van der Waals surface area contributed by atoms with Crippen molar-refractivity contribution in [2.45, 2.75) is 25.3 Å². The van der Waals surface area contributed by atoms with Gasteiger partial charge in [-0.1, -0.05) is 18.2 Å². The van der Waals surface area contributed by atoms with Gasteiger partial charge in [0.25, 0.3) is 11.7 Å². The van der Waals surface area contributed by atoms with Gasteiger partial charge in [0.15, 0.2) is 0 Å². The van der Waals surface area contributed by atoms with Crippen molar-refractivity contribution in [3.05, 3.63) is 83.2 Å². The molecule has 1 aliphatic heterocycles. The molecule has 9 heteroatoms. The Bertz CT molecular complexity index is 1600. The molecule has 1 aliphatic rings. The number of rotatable bonds is 7. The molecule has 1 fully saturated rings. The van der Waals surface area contributed by atoms with E-state index in [1.54, 1.807) is 43.4 Å². The van der Waals surface area contributed by atoms with Crippen LogP contribution in [0.1, 0.15) is 50.7 Å². The van der Waals surface area contributed by atoms with E-state index in [4.69, 9.17) is 5.73 Å². The van der Waals surface area contributed by atoms with Crippen LogP contribution in [0, 0.1) is 0 Å². The largest absolute Gasteiger partial charge is 0.475 e. The lowest BCUT2D eigenvalue weighted by Gasteiger charge is -2.32. The molecule has 0 aliphatic carbocycles. The molecule has 0 unspecified atom stereocenters. The average molecular weight is 540 g/mol. The summed E-state index contributed by atoms with van der Waals surface area (Å²) < 4.78 is 2.09. The number of Topliss-reactive ketones (excluding diaryl/α,β-unsaturated/α-hetero) is 1. The van der Waals surface area contributed by atoms with Gasteiger partial charge in [-0.15, -0.1) is 0 Å². The van der Waals surface area contributed by atoms with E-state index in [1.807, 2.05) is 25.2 Å². The number of nitrogens with two attached hydrogens (primary N) is 1. The molecule has 40 heavy (non-hydrogen) atoms. The van der Waals surface area contributed by atoms with Gasteiger partial charge in [-0.05, 0) is 84.9 Å². The first-order chi connectivity index (χ1) is 19.1. The highest BCUT2D eigenvalue weighted by Crippen LogP contribution is 2.33. The summed E-state index contributed by atoms with van der Waals surface area (Å²) in [6, 6.07) is 16.9. The zero-order chi connectivity index (χ0) is 28.6. The fourth-order valence-corrected chi connectivity index (χ4v) is 5.52. The van der Waals surface area contributed by atoms with Crippen LogP contribution in [0.15, 0.2) is 60.8 Å². The Morgan fingerprint density at radius 2 is 1.73 bits per heavy atom. The number of aryl methyl sites for hydroxylation is 1. The monoisotopic (exact) mass is 539 g/mol. The number of fused-ring (bicyclic) bond motifs is 1. The van der Waals surface area contributed by atoms with Crippen LogP contribution in [0.2, 0.25) is 0 Å². The van der Waals surface area contributed by atoms with Crippen molar-refractivity contribution in [2.24, 2.45) is 7.05 Å². The summed E-state index contributed by atoms with van der Waals surface area (Å²) in [5, 5.41) is 10.1.